The highest BCUT2D eigenvalue weighted by Gasteiger charge is 2.38. The fourth-order valence-corrected chi connectivity index (χ4v) is 3.44. The molecule has 1 fully saturated rings. The van der Waals surface area contributed by atoms with Gasteiger partial charge in [-0.3, -0.25) is 4.79 Å². The lowest BCUT2D eigenvalue weighted by molar-refractivity contribution is 0.0903. The standard InChI is InChI=1S/C27H36N2O/c1-9-15-29(20(5)6)25-17-22(21(10-2)12-11-19(3)4)16-23(18-25)26(30)28-27(7,8)24-13-14-24/h9-12,15-18,24H,2,5,13-14H2,1,3-4,6-8H3,(H,28,30)/b15-9-,21-12+. The molecular formula is C27H36N2O. The molecule has 1 saturated carbocycles. The summed E-state index contributed by atoms with van der Waals surface area (Å²) in [5, 5.41) is 3.24. The van der Waals surface area contributed by atoms with Crippen molar-refractivity contribution in [2.75, 3.05) is 4.90 Å². The summed E-state index contributed by atoms with van der Waals surface area (Å²) in [4.78, 5) is 15.2. The van der Waals surface area contributed by atoms with Crippen molar-refractivity contribution in [1.29, 1.82) is 0 Å². The first kappa shape index (κ1) is 23.5. The topological polar surface area (TPSA) is 32.3 Å². The second-order valence-corrected chi connectivity index (χ2v) is 8.88. The Hall–Kier alpha value is -2.81. The lowest BCUT2D eigenvalue weighted by atomic mass is 9.96. The van der Waals surface area contributed by atoms with Gasteiger partial charge in [0, 0.05) is 28.7 Å². The molecule has 0 unspecified atom stereocenters. The average Bonchev–Trinajstić information content (AvgIpc) is 3.51. The van der Waals surface area contributed by atoms with Crippen LogP contribution >= 0.6 is 0 Å². The largest absolute Gasteiger partial charge is 0.347 e. The maximum Gasteiger partial charge on any atom is 0.251 e. The Bertz CT molecular complexity index is 907. The number of carbonyl (C=O) groups is 1. The van der Waals surface area contributed by atoms with E-state index in [1.54, 1.807) is 0 Å². The molecule has 1 aliphatic carbocycles. The Labute approximate surface area is 182 Å². The van der Waals surface area contributed by atoms with Crippen LogP contribution in [0.1, 0.15) is 70.3 Å². The van der Waals surface area contributed by atoms with Crippen LogP contribution in [-0.4, -0.2) is 11.4 Å². The molecule has 3 nitrogen and oxygen atoms in total. The molecule has 2 rings (SSSR count). The van der Waals surface area contributed by atoms with Crippen molar-refractivity contribution in [3.8, 4) is 0 Å². The third-order valence-electron chi connectivity index (χ3n) is 5.35. The molecule has 0 saturated heterocycles. The van der Waals surface area contributed by atoms with Crippen LogP contribution < -0.4 is 10.2 Å². The Balaban J connectivity index is 2.57. The van der Waals surface area contributed by atoms with Gasteiger partial charge in [-0.25, -0.2) is 0 Å². The van der Waals surface area contributed by atoms with E-state index >= 15 is 0 Å². The smallest absolute Gasteiger partial charge is 0.251 e. The number of anilines is 1. The number of hydrogen-bond acceptors (Lipinski definition) is 2. The molecule has 1 N–H and O–H groups in total. The summed E-state index contributed by atoms with van der Waals surface area (Å²) in [5.74, 6) is 0.503. The van der Waals surface area contributed by atoms with Crippen LogP contribution in [0, 0.1) is 5.92 Å². The Morgan fingerprint density at radius 2 is 1.77 bits per heavy atom. The van der Waals surface area contributed by atoms with Gasteiger partial charge in [-0.15, -0.1) is 0 Å². The lowest BCUT2D eigenvalue weighted by Crippen LogP contribution is -2.45. The number of amides is 1. The normalized spacial score (nSPS) is 14.4. The molecule has 30 heavy (non-hydrogen) atoms. The minimum atomic E-state index is -0.205. The summed E-state index contributed by atoms with van der Waals surface area (Å²) in [6.07, 6.45) is 12.2. The van der Waals surface area contributed by atoms with Crippen LogP contribution in [0.15, 0.2) is 73.1 Å². The van der Waals surface area contributed by atoms with Crippen molar-refractivity contribution in [2.45, 2.75) is 59.9 Å². The number of nitrogens with one attached hydrogen (secondary N) is 1. The highest BCUT2D eigenvalue weighted by Crippen LogP contribution is 2.39. The number of rotatable bonds is 9. The Morgan fingerprint density at radius 1 is 1.13 bits per heavy atom. The summed E-state index contributed by atoms with van der Waals surface area (Å²) in [5.41, 5.74) is 5.33. The zero-order chi connectivity index (χ0) is 22.5. The highest BCUT2D eigenvalue weighted by atomic mass is 16.1. The molecule has 1 aliphatic rings. The van der Waals surface area contributed by atoms with Crippen molar-refractivity contribution >= 4 is 17.2 Å². The fourth-order valence-electron chi connectivity index (χ4n) is 3.44. The van der Waals surface area contributed by atoms with Crippen molar-refractivity contribution < 1.29 is 4.79 Å². The molecule has 0 bridgehead atoms. The lowest BCUT2D eigenvalue weighted by Gasteiger charge is -2.27. The van der Waals surface area contributed by atoms with Gasteiger partial charge in [0.1, 0.15) is 0 Å². The van der Waals surface area contributed by atoms with Crippen LogP contribution in [0.3, 0.4) is 0 Å². The van der Waals surface area contributed by atoms with E-state index in [9.17, 15) is 4.79 Å². The molecule has 0 heterocycles. The Kier molecular flexibility index (Phi) is 7.66. The summed E-state index contributed by atoms with van der Waals surface area (Å²) in [6.45, 7) is 20.3. The molecule has 0 spiro atoms. The van der Waals surface area contributed by atoms with Gasteiger partial charge in [0.05, 0.1) is 0 Å². The van der Waals surface area contributed by atoms with Crippen LogP contribution in [0.5, 0.6) is 0 Å². The first-order chi connectivity index (χ1) is 14.1. The number of nitrogens with zero attached hydrogens (tertiary/aromatic N) is 1. The molecule has 1 amide bonds. The summed E-state index contributed by atoms with van der Waals surface area (Å²) in [6, 6.07) is 5.95. The van der Waals surface area contributed by atoms with E-state index in [0.717, 1.165) is 22.5 Å². The first-order valence-corrected chi connectivity index (χ1v) is 10.6. The fraction of sp³-hybridized carbons (Fsp3) is 0.370. The summed E-state index contributed by atoms with van der Waals surface area (Å²) >= 11 is 0. The van der Waals surface area contributed by atoms with Crippen LogP contribution in [0.2, 0.25) is 0 Å². The van der Waals surface area contributed by atoms with Crippen molar-refractivity contribution in [1.82, 2.24) is 5.32 Å². The van der Waals surface area contributed by atoms with Gasteiger partial charge < -0.3 is 10.2 Å². The van der Waals surface area contributed by atoms with Crippen molar-refractivity contribution in [3.63, 3.8) is 0 Å². The molecule has 0 aromatic heterocycles. The van der Waals surface area contributed by atoms with Crippen LogP contribution in [0.25, 0.3) is 5.57 Å². The second-order valence-electron chi connectivity index (χ2n) is 8.88. The zero-order valence-electron chi connectivity index (χ0n) is 19.4. The minimum Gasteiger partial charge on any atom is -0.347 e. The maximum absolute atomic E-state index is 13.2. The molecule has 0 atom stereocenters. The van der Waals surface area contributed by atoms with E-state index < -0.39 is 0 Å². The molecule has 160 valence electrons. The monoisotopic (exact) mass is 404 g/mol. The summed E-state index contributed by atoms with van der Waals surface area (Å²) in [7, 11) is 0. The number of allylic oxidation sites excluding steroid dienone is 7. The van der Waals surface area contributed by atoms with E-state index in [1.807, 2.05) is 55.3 Å². The molecular weight excluding hydrogens is 368 g/mol. The molecule has 3 heteroatoms. The van der Waals surface area contributed by atoms with Gasteiger partial charge in [0.25, 0.3) is 5.91 Å². The predicted molar refractivity (Wildman–Crippen MR) is 130 cm³/mol. The molecule has 0 radical (unpaired) electrons. The number of carbonyl (C=O) groups excluding carboxylic acids is 1. The molecule has 1 aromatic carbocycles. The van der Waals surface area contributed by atoms with Crippen LogP contribution in [0.4, 0.5) is 5.69 Å². The van der Waals surface area contributed by atoms with E-state index in [0.29, 0.717) is 11.5 Å². The van der Waals surface area contributed by atoms with Gasteiger partial charge in [-0.2, -0.15) is 0 Å². The minimum absolute atomic E-state index is 0.0530. The van der Waals surface area contributed by atoms with E-state index in [-0.39, 0.29) is 11.4 Å². The highest BCUT2D eigenvalue weighted by molar-refractivity contribution is 5.97. The van der Waals surface area contributed by atoms with E-state index in [2.05, 4.69) is 58.3 Å². The van der Waals surface area contributed by atoms with Gasteiger partial charge >= 0.3 is 0 Å². The average molecular weight is 405 g/mol. The van der Waals surface area contributed by atoms with E-state index in [4.69, 9.17) is 0 Å². The SMILES string of the molecule is C=C/C(=C\C=C(C)C)c1cc(C(=O)NC(C)(C)C2CC2)cc(N(/C=C\C)C(=C)C)c1. The zero-order valence-corrected chi connectivity index (χ0v) is 19.4. The van der Waals surface area contributed by atoms with Crippen molar-refractivity contribution in [3.05, 3.63) is 84.3 Å². The molecule has 0 aliphatic heterocycles. The predicted octanol–water partition coefficient (Wildman–Crippen LogP) is 7.01. The van der Waals surface area contributed by atoms with Crippen molar-refractivity contribution in [2.24, 2.45) is 5.92 Å². The number of hydrogen-bond donors (Lipinski definition) is 1. The Morgan fingerprint density at radius 3 is 2.27 bits per heavy atom. The van der Waals surface area contributed by atoms with Gasteiger partial charge in [0.2, 0.25) is 0 Å². The summed E-state index contributed by atoms with van der Waals surface area (Å²) < 4.78 is 0. The third-order valence-corrected chi connectivity index (χ3v) is 5.35. The second kappa shape index (κ2) is 9.80. The molecule has 1 aromatic rings. The maximum atomic E-state index is 13.2. The van der Waals surface area contributed by atoms with Gasteiger partial charge in [-0.05, 0) is 89.6 Å². The van der Waals surface area contributed by atoms with Crippen LogP contribution in [-0.2, 0) is 0 Å². The first-order valence-electron chi connectivity index (χ1n) is 10.6. The quantitative estimate of drug-likeness (QED) is 0.449. The van der Waals surface area contributed by atoms with Gasteiger partial charge in [0.15, 0.2) is 0 Å². The van der Waals surface area contributed by atoms with E-state index in [1.165, 1.54) is 18.4 Å². The third kappa shape index (κ3) is 6.09. The number of benzene rings is 1. The van der Waals surface area contributed by atoms with Gasteiger partial charge in [-0.1, -0.05) is 43.0 Å².